The van der Waals surface area contributed by atoms with Gasteiger partial charge in [0, 0.05) is 25.1 Å². The van der Waals surface area contributed by atoms with Crippen molar-refractivity contribution in [2.45, 2.75) is 65.2 Å². The molecule has 0 rings (SSSR count). The van der Waals surface area contributed by atoms with E-state index in [4.69, 9.17) is 0 Å². The number of carbonyl (C=O) groups is 1. The molecule has 0 atom stereocenters. The largest absolute Gasteiger partial charge is 0.339 e. The van der Waals surface area contributed by atoms with Gasteiger partial charge in [-0.05, 0) is 26.2 Å². The van der Waals surface area contributed by atoms with Crippen LogP contribution in [-0.4, -0.2) is 30.3 Å². The first kappa shape index (κ1) is 18.1. The van der Waals surface area contributed by atoms with Gasteiger partial charge in [-0.15, -0.1) is 0 Å². The first-order chi connectivity index (χ1) is 8.99. The smallest absolute Gasteiger partial charge is 0.248 e. The Morgan fingerprint density at radius 3 is 2.21 bits per heavy atom. The van der Waals surface area contributed by atoms with Gasteiger partial charge in [0.05, 0.1) is 0 Å². The van der Waals surface area contributed by atoms with Crippen LogP contribution in [-0.2, 0) is 4.79 Å². The highest BCUT2D eigenvalue weighted by atomic mass is 19.3. The standard InChI is InChI=1S/C15H27F2NO/c1-4-5-11-18(15(19)13(2)3)12-9-7-6-8-10-14(16)17/h14H,2,4-12H2,1,3H3. The number of hydrogen-bond donors (Lipinski definition) is 0. The van der Waals surface area contributed by atoms with E-state index in [2.05, 4.69) is 13.5 Å². The fraction of sp³-hybridized carbons (Fsp3) is 0.800. The molecule has 0 unspecified atom stereocenters. The zero-order valence-electron chi connectivity index (χ0n) is 12.3. The Hall–Kier alpha value is -0.930. The number of unbranched alkanes of at least 4 members (excludes halogenated alkanes) is 4. The maximum atomic E-state index is 11.9. The Morgan fingerprint density at radius 2 is 1.68 bits per heavy atom. The predicted octanol–water partition coefficient (Wildman–Crippen LogP) is 4.41. The molecule has 2 nitrogen and oxygen atoms in total. The van der Waals surface area contributed by atoms with Crippen molar-refractivity contribution in [2.24, 2.45) is 0 Å². The van der Waals surface area contributed by atoms with Gasteiger partial charge in [-0.1, -0.05) is 32.8 Å². The van der Waals surface area contributed by atoms with E-state index in [1.807, 2.05) is 4.90 Å². The number of alkyl halides is 2. The second-order valence-corrected chi connectivity index (χ2v) is 5.02. The van der Waals surface area contributed by atoms with E-state index in [0.29, 0.717) is 18.5 Å². The molecule has 0 radical (unpaired) electrons. The third kappa shape index (κ3) is 9.62. The van der Waals surface area contributed by atoms with Gasteiger partial charge in [0.25, 0.3) is 0 Å². The summed E-state index contributed by atoms with van der Waals surface area (Å²) in [5.41, 5.74) is 0.564. The van der Waals surface area contributed by atoms with Gasteiger partial charge < -0.3 is 4.90 Å². The number of amides is 1. The fourth-order valence-corrected chi connectivity index (χ4v) is 1.89. The van der Waals surface area contributed by atoms with Crippen LogP contribution in [0.2, 0.25) is 0 Å². The fourth-order valence-electron chi connectivity index (χ4n) is 1.89. The molecule has 0 saturated carbocycles. The van der Waals surface area contributed by atoms with Crippen molar-refractivity contribution in [3.8, 4) is 0 Å². The predicted molar refractivity (Wildman–Crippen MR) is 75.4 cm³/mol. The molecule has 0 aromatic heterocycles. The summed E-state index contributed by atoms with van der Waals surface area (Å²) in [6.45, 7) is 8.98. The Labute approximate surface area is 115 Å². The van der Waals surface area contributed by atoms with E-state index in [0.717, 1.165) is 38.6 Å². The summed E-state index contributed by atoms with van der Waals surface area (Å²) in [7, 11) is 0. The minimum Gasteiger partial charge on any atom is -0.339 e. The van der Waals surface area contributed by atoms with Crippen molar-refractivity contribution in [1.29, 1.82) is 0 Å². The van der Waals surface area contributed by atoms with E-state index in [1.165, 1.54) is 0 Å². The van der Waals surface area contributed by atoms with Gasteiger partial charge in [0.1, 0.15) is 0 Å². The van der Waals surface area contributed by atoms with Crippen molar-refractivity contribution < 1.29 is 13.6 Å². The van der Waals surface area contributed by atoms with Crippen molar-refractivity contribution in [3.05, 3.63) is 12.2 Å². The Balaban J connectivity index is 3.86. The molecular weight excluding hydrogens is 248 g/mol. The van der Waals surface area contributed by atoms with Crippen LogP contribution in [0.25, 0.3) is 0 Å². The van der Waals surface area contributed by atoms with Crippen LogP contribution >= 0.6 is 0 Å². The van der Waals surface area contributed by atoms with Crippen LogP contribution in [0.15, 0.2) is 12.2 Å². The summed E-state index contributed by atoms with van der Waals surface area (Å²) in [4.78, 5) is 13.7. The Kier molecular flexibility index (Phi) is 10.4. The highest BCUT2D eigenvalue weighted by Crippen LogP contribution is 2.10. The van der Waals surface area contributed by atoms with Crippen molar-refractivity contribution in [2.75, 3.05) is 13.1 Å². The topological polar surface area (TPSA) is 20.3 Å². The first-order valence-electron chi connectivity index (χ1n) is 7.22. The summed E-state index contributed by atoms with van der Waals surface area (Å²) >= 11 is 0. The van der Waals surface area contributed by atoms with E-state index in [9.17, 15) is 13.6 Å². The molecule has 19 heavy (non-hydrogen) atoms. The maximum absolute atomic E-state index is 11.9. The zero-order valence-corrected chi connectivity index (χ0v) is 12.3. The Bertz CT molecular complexity index is 267. The molecule has 4 heteroatoms. The average molecular weight is 275 g/mol. The molecular formula is C15H27F2NO. The van der Waals surface area contributed by atoms with E-state index in [-0.39, 0.29) is 12.3 Å². The van der Waals surface area contributed by atoms with Crippen LogP contribution in [0.4, 0.5) is 8.78 Å². The Morgan fingerprint density at radius 1 is 1.11 bits per heavy atom. The van der Waals surface area contributed by atoms with E-state index >= 15 is 0 Å². The van der Waals surface area contributed by atoms with Crippen LogP contribution in [0.1, 0.15) is 58.8 Å². The minimum atomic E-state index is -2.19. The molecule has 1 amide bonds. The summed E-state index contributed by atoms with van der Waals surface area (Å²) in [6, 6.07) is 0. The number of rotatable bonds is 11. The average Bonchev–Trinajstić information content (AvgIpc) is 2.35. The molecule has 0 N–H and O–H groups in total. The minimum absolute atomic E-state index is 0.00968. The molecule has 0 aliphatic carbocycles. The SMILES string of the molecule is C=C(C)C(=O)N(CCCC)CCCCCCC(F)F. The third-order valence-electron chi connectivity index (χ3n) is 3.03. The van der Waals surface area contributed by atoms with Crippen LogP contribution < -0.4 is 0 Å². The number of nitrogens with zero attached hydrogens (tertiary/aromatic N) is 1. The summed E-state index contributed by atoms with van der Waals surface area (Å²) in [5.74, 6) is 0.0148. The van der Waals surface area contributed by atoms with Gasteiger partial charge in [-0.3, -0.25) is 4.79 Å². The van der Waals surface area contributed by atoms with Gasteiger partial charge in [-0.25, -0.2) is 8.78 Å². The van der Waals surface area contributed by atoms with Gasteiger partial charge in [0.15, 0.2) is 0 Å². The van der Waals surface area contributed by atoms with Gasteiger partial charge in [-0.2, -0.15) is 0 Å². The molecule has 0 spiro atoms. The first-order valence-corrected chi connectivity index (χ1v) is 7.22. The zero-order chi connectivity index (χ0) is 14.7. The molecule has 0 saturated heterocycles. The van der Waals surface area contributed by atoms with Crippen LogP contribution in [0.3, 0.4) is 0 Å². The monoisotopic (exact) mass is 275 g/mol. The maximum Gasteiger partial charge on any atom is 0.248 e. The van der Waals surface area contributed by atoms with Crippen molar-refractivity contribution >= 4 is 5.91 Å². The molecule has 0 bridgehead atoms. The third-order valence-corrected chi connectivity index (χ3v) is 3.03. The second-order valence-electron chi connectivity index (χ2n) is 5.02. The lowest BCUT2D eigenvalue weighted by molar-refractivity contribution is -0.127. The van der Waals surface area contributed by atoms with Gasteiger partial charge in [0.2, 0.25) is 12.3 Å². The molecule has 0 aliphatic rings. The summed E-state index contributed by atoms with van der Waals surface area (Å²) in [5, 5.41) is 0. The number of hydrogen-bond acceptors (Lipinski definition) is 1. The normalized spacial score (nSPS) is 10.8. The summed E-state index contributed by atoms with van der Waals surface area (Å²) in [6.07, 6.45) is 3.01. The van der Waals surface area contributed by atoms with Crippen LogP contribution in [0, 0.1) is 0 Å². The highest BCUT2D eigenvalue weighted by Gasteiger charge is 2.12. The molecule has 0 aliphatic heterocycles. The lowest BCUT2D eigenvalue weighted by Gasteiger charge is -2.22. The van der Waals surface area contributed by atoms with E-state index < -0.39 is 6.43 Å². The van der Waals surface area contributed by atoms with Crippen LogP contribution in [0.5, 0.6) is 0 Å². The van der Waals surface area contributed by atoms with E-state index in [1.54, 1.807) is 6.92 Å². The van der Waals surface area contributed by atoms with Gasteiger partial charge >= 0.3 is 0 Å². The lowest BCUT2D eigenvalue weighted by Crippen LogP contribution is -2.33. The lowest BCUT2D eigenvalue weighted by atomic mass is 10.1. The van der Waals surface area contributed by atoms with Crippen molar-refractivity contribution in [1.82, 2.24) is 4.90 Å². The number of halogens is 2. The summed E-state index contributed by atoms with van der Waals surface area (Å²) < 4.78 is 23.9. The van der Waals surface area contributed by atoms with Crippen molar-refractivity contribution in [3.63, 3.8) is 0 Å². The molecule has 0 fully saturated rings. The number of carbonyl (C=O) groups excluding carboxylic acids is 1. The molecule has 112 valence electrons. The molecule has 0 aromatic carbocycles. The molecule has 0 aromatic rings. The second kappa shape index (κ2) is 10.9. The molecule has 0 heterocycles. The quantitative estimate of drug-likeness (QED) is 0.404. The highest BCUT2D eigenvalue weighted by molar-refractivity contribution is 5.92.